The molecule has 15 heavy (non-hydrogen) atoms. The molecular formula is C10H10ClNO3. The molecule has 0 radical (unpaired) electrons. The minimum Gasteiger partial charge on any atom is -0.346 e. The summed E-state index contributed by atoms with van der Waals surface area (Å²) in [5.41, 5.74) is 1.12. The van der Waals surface area contributed by atoms with E-state index in [4.69, 9.17) is 21.1 Å². The van der Waals surface area contributed by atoms with Gasteiger partial charge in [0.15, 0.2) is 12.1 Å². The Labute approximate surface area is 92.2 Å². The summed E-state index contributed by atoms with van der Waals surface area (Å²) in [5, 5.41) is 0.212. The third kappa shape index (κ3) is 2.17. The number of carbonyl (C=O) groups excluding carboxylic acids is 1. The standard InChI is InChI=1S/C10H10ClNO3/c1-6(13)8-4-7(5-12-9(8)11)10-14-2-3-15-10/h4-5,10H,2-3H2,1H3. The predicted octanol–water partition coefficient (Wildman–Crippen LogP) is 1.98. The maximum atomic E-state index is 11.2. The van der Waals surface area contributed by atoms with Crippen molar-refractivity contribution in [2.45, 2.75) is 13.2 Å². The first kappa shape index (κ1) is 10.5. The highest BCUT2D eigenvalue weighted by Crippen LogP contribution is 2.25. The van der Waals surface area contributed by atoms with E-state index in [0.717, 1.165) is 5.56 Å². The molecule has 1 aromatic heterocycles. The molecule has 1 aliphatic rings. The Balaban J connectivity index is 2.33. The number of carbonyl (C=O) groups is 1. The monoisotopic (exact) mass is 227 g/mol. The minimum absolute atomic E-state index is 0.118. The summed E-state index contributed by atoms with van der Waals surface area (Å²) < 4.78 is 10.6. The van der Waals surface area contributed by atoms with Gasteiger partial charge in [-0.05, 0) is 13.0 Å². The van der Waals surface area contributed by atoms with Crippen LogP contribution in [0.25, 0.3) is 0 Å². The van der Waals surface area contributed by atoms with Gasteiger partial charge in [-0.3, -0.25) is 4.79 Å². The Morgan fingerprint density at radius 2 is 2.20 bits per heavy atom. The van der Waals surface area contributed by atoms with Crippen LogP contribution in [-0.4, -0.2) is 24.0 Å². The Hall–Kier alpha value is -0.970. The van der Waals surface area contributed by atoms with E-state index in [-0.39, 0.29) is 10.9 Å². The molecule has 0 bridgehead atoms. The molecule has 0 atom stereocenters. The first-order valence-corrected chi connectivity index (χ1v) is 4.96. The number of ether oxygens (including phenoxy) is 2. The normalized spacial score (nSPS) is 16.9. The van der Waals surface area contributed by atoms with Crippen molar-refractivity contribution in [3.63, 3.8) is 0 Å². The van der Waals surface area contributed by atoms with Gasteiger partial charge in [0, 0.05) is 11.8 Å². The highest BCUT2D eigenvalue weighted by Gasteiger charge is 2.20. The second-order valence-electron chi connectivity index (χ2n) is 3.24. The van der Waals surface area contributed by atoms with Crippen molar-refractivity contribution in [2.24, 2.45) is 0 Å². The second-order valence-corrected chi connectivity index (χ2v) is 3.59. The maximum Gasteiger partial charge on any atom is 0.185 e. The Morgan fingerprint density at radius 3 is 2.80 bits per heavy atom. The SMILES string of the molecule is CC(=O)c1cc(C2OCCO2)cnc1Cl. The molecule has 1 aromatic rings. The molecule has 1 saturated heterocycles. The molecular weight excluding hydrogens is 218 g/mol. The van der Waals surface area contributed by atoms with Crippen LogP contribution in [0.5, 0.6) is 0 Å². The highest BCUT2D eigenvalue weighted by molar-refractivity contribution is 6.32. The molecule has 1 fully saturated rings. The lowest BCUT2D eigenvalue weighted by Gasteiger charge is -2.10. The van der Waals surface area contributed by atoms with E-state index < -0.39 is 6.29 Å². The number of nitrogens with zero attached hydrogens (tertiary/aromatic N) is 1. The summed E-state index contributed by atoms with van der Waals surface area (Å²) in [5.74, 6) is -0.118. The Bertz CT molecular complexity index is 388. The first-order valence-electron chi connectivity index (χ1n) is 4.58. The van der Waals surface area contributed by atoms with Crippen LogP contribution >= 0.6 is 11.6 Å². The summed E-state index contributed by atoms with van der Waals surface area (Å²) in [4.78, 5) is 15.2. The van der Waals surface area contributed by atoms with Crippen molar-refractivity contribution in [1.29, 1.82) is 0 Å². The number of pyridine rings is 1. The molecule has 0 aromatic carbocycles. The van der Waals surface area contributed by atoms with Gasteiger partial charge in [-0.1, -0.05) is 11.6 Å². The summed E-state index contributed by atoms with van der Waals surface area (Å²) in [6.45, 7) is 2.56. The number of Topliss-reactive ketones (excluding diaryl/α,β-unsaturated/α-hetero) is 1. The molecule has 5 heteroatoms. The molecule has 0 aliphatic carbocycles. The fourth-order valence-corrected chi connectivity index (χ4v) is 1.63. The van der Waals surface area contributed by atoms with Crippen LogP contribution in [0.2, 0.25) is 5.15 Å². The number of halogens is 1. The molecule has 0 saturated carbocycles. The quantitative estimate of drug-likeness (QED) is 0.573. The smallest absolute Gasteiger partial charge is 0.185 e. The third-order valence-corrected chi connectivity index (χ3v) is 2.43. The van der Waals surface area contributed by atoms with Crippen LogP contribution in [0.3, 0.4) is 0 Å². The second kappa shape index (κ2) is 4.26. The molecule has 0 spiro atoms. The molecule has 1 aliphatic heterocycles. The zero-order chi connectivity index (χ0) is 10.8. The van der Waals surface area contributed by atoms with Gasteiger partial charge in [-0.2, -0.15) is 0 Å². The zero-order valence-corrected chi connectivity index (χ0v) is 8.95. The average molecular weight is 228 g/mol. The molecule has 2 heterocycles. The van der Waals surface area contributed by atoms with Gasteiger partial charge in [0.25, 0.3) is 0 Å². The summed E-state index contributed by atoms with van der Waals surface area (Å²) in [7, 11) is 0. The predicted molar refractivity (Wildman–Crippen MR) is 53.9 cm³/mol. The molecule has 0 N–H and O–H groups in total. The summed E-state index contributed by atoms with van der Waals surface area (Å²) >= 11 is 5.78. The van der Waals surface area contributed by atoms with Crippen molar-refractivity contribution in [3.8, 4) is 0 Å². The topological polar surface area (TPSA) is 48.4 Å². The van der Waals surface area contributed by atoms with Crippen LogP contribution in [0.15, 0.2) is 12.3 Å². The van der Waals surface area contributed by atoms with Gasteiger partial charge >= 0.3 is 0 Å². The lowest BCUT2D eigenvalue weighted by atomic mass is 10.1. The van der Waals surface area contributed by atoms with E-state index in [1.54, 1.807) is 12.3 Å². The van der Waals surface area contributed by atoms with Crippen molar-refractivity contribution >= 4 is 17.4 Å². The van der Waals surface area contributed by atoms with E-state index in [0.29, 0.717) is 18.8 Å². The number of aromatic nitrogens is 1. The summed E-state index contributed by atoms with van der Waals surface area (Å²) in [6, 6.07) is 1.66. The molecule has 0 amide bonds. The first-order chi connectivity index (χ1) is 7.18. The van der Waals surface area contributed by atoms with Gasteiger partial charge < -0.3 is 9.47 Å². The van der Waals surface area contributed by atoms with E-state index in [1.807, 2.05) is 0 Å². The summed E-state index contributed by atoms with van der Waals surface area (Å²) in [6.07, 6.45) is 1.14. The van der Waals surface area contributed by atoms with Gasteiger partial charge in [0.05, 0.1) is 18.8 Å². The minimum atomic E-state index is -0.423. The lowest BCUT2D eigenvalue weighted by molar-refractivity contribution is -0.0443. The van der Waals surface area contributed by atoms with Crippen molar-refractivity contribution in [1.82, 2.24) is 4.98 Å². The molecule has 80 valence electrons. The highest BCUT2D eigenvalue weighted by atomic mass is 35.5. The zero-order valence-electron chi connectivity index (χ0n) is 8.20. The van der Waals surface area contributed by atoms with Crippen LogP contribution in [0, 0.1) is 0 Å². The van der Waals surface area contributed by atoms with Crippen molar-refractivity contribution in [3.05, 3.63) is 28.5 Å². The lowest BCUT2D eigenvalue weighted by Crippen LogP contribution is -2.03. The number of hydrogen-bond acceptors (Lipinski definition) is 4. The van der Waals surface area contributed by atoms with Crippen LogP contribution < -0.4 is 0 Å². The van der Waals surface area contributed by atoms with Gasteiger partial charge in [-0.25, -0.2) is 4.98 Å². The molecule has 2 rings (SSSR count). The fourth-order valence-electron chi connectivity index (χ4n) is 1.39. The van der Waals surface area contributed by atoms with Gasteiger partial charge in [-0.15, -0.1) is 0 Å². The Morgan fingerprint density at radius 1 is 1.53 bits per heavy atom. The van der Waals surface area contributed by atoms with Crippen LogP contribution in [0.4, 0.5) is 0 Å². The van der Waals surface area contributed by atoms with Gasteiger partial charge in [0.1, 0.15) is 5.15 Å². The van der Waals surface area contributed by atoms with Crippen LogP contribution in [0.1, 0.15) is 29.1 Å². The number of hydrogen-bond donors (Lipinski definition) is 0. The van der Waals surface area contributed by atoms with E-state index in [9.17, 15) is 4.79 Å². The third-order valence-electron chi connectivity index (χ3n) is 2.13. The molecule has 4 nitrogen and oxygen atoms in total. The van der Waals surface area contributed by atoms with Crippen LogP contribution in [-0.2, 0) is 9.47 Å². The number of ketones is 1. The van der Waals surface area contributed by atoms with Crippen molar-refractivity contribution < 1.29 is 14.3 Å². The fraction of sp³-hybridized carbons (Fsp3) is 0.400. The average Bonchev–Trinajstić information content (AvgIpc) is 2.71. The van der Waals surface area contributed by atoms with Crippen molar-refractivity contribution in [2.75, 3.05) is 13.2 Å². The molecule has 0 unspecified atom stereocenters. The van der Waals surface area contributed by atoms with E-state index >= 15 is 0 Å². The maximum absolute atomic E-state index is 11.2. The number of rotatable bonds is 2. The van der Waals surface area contributed by atoms with E-state index in [1.165, 1.54) is 6.92 Å². The largest absolute Gasteiger partial charge is 0.346 e. The van der Waals surface area contributed by atoms with Gasteiger partial charge in [0.2, 0.25) is 0 Å². The van der Waals surface area contributed by atoms with E-state index in [2.05, 4.69) is 4.98 Å². The Kier molecular flexibility index (Phi) is 3.00.